The highest BCUT2D eigenvalue weighted by Gasteiger charge is 2.55. The molecule has 5 unspecified atom stereocenters. The zero-order chi connectivity index (χ0) is 15.6. The fourth-order valence-corrected chi connectivity index (χ4v) is 2.55. The molecular formula is C12H17N3O6. The molecule has 9 nitrogen and oxygen atoms in total. The molecule has 2 saturated heterocycles. The van der Waals surface area contributed by atoms with Crippen LogP contribution in [0.4, 0.5) is 0 Å². The maximum atomic E-state index is 11.2. The van der Waals surface area contributed by atoms with Gasteiger partial charge in [-0.2, -0.15) is 0 Å². The van der Waals surface area contributed by atoms with Crippen molar-refractivity contribution in [2.75, 3.05) is 6.61 Å². The monoisotopic (exact) mass is 299 g/mol. The van der Waals surface area contributed by atoms with Crippen molar-refractivity contribution in [2.45, 2.75) is 57.0 Å². The molecular weight excluding hydrogens is 282 g/mol. The Hall–Kier alpha value is -1.67. The lowest BCUT2D eigenvalue weighted by Gasteiger charge is -2.38. The third kappa shape index (κ3) is 3.33. The van der Waals surface area contributed by atoms with Crippen LogP contribution in [0.25, 0.3) is 10.4 Å². The fraction of sp³-hybridized carbons (Fsp3) is 0.833. The molecule has 0 aliphatic carbocycles. The van der Waals surface area contributed by atoms with Gasteiger partial charge in [-0.25, -0.2) is 0 Å². The number of nitrogens with zero attached hydrogens (tertiary/aromatic N) is 3. The first-order chi connectivity index (χ1) is 9.88. The van der Waals surface area contributed by atoms with Crippen LogP contribution in [0.3, 0.4) is 0 Å². The molecule has 0 aromatic heterocycles. The van der Waals surface area contributed by atoms with E-state index in [9.17, 15) is 9.59 Å². The zero-order valence-electron chi connectivity index (χ0n) is 12.0. The third-order valence-corrected chi connectivity index (χ3v) is 3.31. The number of aldehydes is 1. The highest BCUT2D eigenvalue weighted by molar-refractivity contribution is 5.66. The van der Waals surface area contributed by atoms with E-state index in [1.807, 2.05) is 0 Å². The maximum absolute atomic E-state index is 11.2. The summed E-state index contributed by atoms with van der Waals surface area (Å²) in [5.74, 6) is -1.37. The molecule has 9 heteroatoms. The summed E-state index contributed by atoms with van der Waals surface area (Å²) in [6.45, 7) is 4.62. The van der Waals surface area contributed by atoms with Crippen LogP contribution in [0, 0.1) is 0 Å². The molecule has 0 aromatic carbocycles. The molecule has 2 heterocycles. The van der Waals surface area contributed by atoms with Crippen LogP contribution in [-0.2, 0) is 28.5 Å². The number of hydrogen-bond acceptors (Lipinski definition) is 7. The van der Waals surface area contributed by atoms with Gasteiger partial charge in [0.05, 0.1) is 6.04 Å². The van der Waals surface area contributed by atoms with Gasteiger partial charge in [-0.05, 0) is 19.4 Å². The highest BCUT2D eigenvalue weighted by Crippen LogP contribution is 2.38. The molecule has 0 saturated carbocycles. The van der Waals surface area contributed by atoms with Gasteiger partial charge in [0.25, 0.3) is 0 Å². The summed E-state index contributed by atoms with van der Waals surface area (Å²) in [5, 5.41) is 3.59. The second kappa shape index (κ2) is 5.98. The van der Waals surface area contributed by atoms with E-state index < -0.39 is 42.2 Å². The van der Waals surface area contributed by atoms with Gasteiger partial charge in [0.15, 0.2) is 5.79 Å². The average molecular weight is 299 g/mol. The van der Waals surface area contributed by atoms with E-state index in [4.69, 9.17) is 24.5 Å². The van der Waals surface area contributed by atoms with Crippen LogP contribution in [-0.4, -0.2) is 55.1 Å². The van der Waals surface area contributed by atoms with E-state index in [1.54, 1.807) is 13.8 Å². The molecule has 0 N–H and O–H groups in total. The van der Waals surface area contributed by atoms with Crippen molar-refractivity contribution in [2.24, 2.45) is 5.11 Å². The van der Waals surface area contributed by atoms with Gasteiger partial charge < -0.3 is 23.7 Å². The molecule has 2 aliphatic heterocycles. The first-order valence-corrected chi connectivity index (χ1v) is 6.52. The minimum atomic E-state index is -0.972. The summed E-state index contributed by atoms with van der Waals surface area (Å²) < 4.78 is 21.9. The molecule has 0 aromatic rings. The molecule has 2 fully saturated rings. The first-order valence-electron chi connectivity index (χ1n) is 6.52. The van der Waals surface area contributed by atoms with Crippen molar-refractivity contribution < 1.29 is 28.5 Å². The number of hydrogen-bond donors (Lipinski definition) is 0. The molecule has 0 amide bonds. The first kappa shape index (κ1) is 15.7. The molecule has 2 aliphatic rings. The Labute approximate surface area is 121 Å². The van der Waals surface area contributed by atoms with Gasteiger partial charge >= 0.3 is 5.97 Å². The number of rotatable bonds is 4. The molecule has 5 atom stereocenters. The standard InChI is InChI=1S/C12H17N3O6/c1-6(17)18-5-8-10-11(21-12(2,3)20-10)9(14-15-13)7(4-16)19-8/h4,7-11H,5H2,1-3H3. The summed E-state index contributed by atoms with van der Waals surface area (Å²) >= 11 is 0. The predicted octanol–water partition coefficient (Wildman–Crippen LogP) is 0.715. The van der Waals surface area contributed by atoms with Crippen LogP contribution in [0.2, 0.25) is 0 Å². The summed E-state index contributed by atoms with van der Waals surface area (Å²) in [4.78, 5) is 24.8. The lowest BCUT2D eigenvalue weighted by atomic mass is 9.94. The number of azide groups is 1. The van der Waals surface area contributed by atoms with E-state index in [0.29, 0.717) is 6.29 Å². The zero-order valence-corrected chi connectivity index (χ0v) is 12.0. The summed E-state index contributed by atoms with van der Waals surface area (Å²) in [7, 11) is 0. The largest absolute Gasteiger partial charge is 0.463 e. The predicted molar refractivity (Wildman–Crippen MR) is 68.1 cm³/mol. The minimum Gasteiger partial charge on any atom is -0.463 e. The third-order valence-electron chi connectivity index (χ3n) is 3.31. The second-order valence-corrected chi connectivity index (χ2v) is 5.34. The van der Waals surface area contributed by atoms with Crippen LogP contribution in [0.15, 0.2) is 5.11 Å². The van der Waals surface area contributed by atoms with E-state index >= 15 is 0 Å². The number of fused-ring (bicyclic) bond motifs is 1. The Morgan fingerprint density at radius 2 is 2.10 bits per heavy atom. The van der Waals surface area contributed by atoms with Crippen molar-refractivity contribution in [3.05, 3.63) is 10.4 Å². The highest BCUT2D eigenvalue weighted by atomic mass is 16.8. The second-order valence-electron chi connectivity index (χ2n) is 5.34. The summed E-state index contributed by atoms with van der Waals surface area (Å²) in [6.07, 6.45) is -2.32. The van der Waals surface area contributed by atoms with Gasteiger partial charge in [-0.1, -0.05) is 5.11 Å². The number of esters is 1. The Bertz CT molecular complexity index is 476. The smallest absolute Gasteiger partial charge is 0.302 e. The Kier molecular flexibility index (Phi) is 4.48. The van der Waals surface area contributed by atoms with Crippen molar-refractivity contribution in [1.29, 1.82) is 0 Å². The minimum absolute atomic E-state index is 0.0662. The Balaban J connectivity index is 2.24. The lowest BCUT2D eigenvalue weighted by Crippen LogP contribution is -2.57. The summed E-state index contributed by atoms with van der Waals surface area (Å²) in [6, 6.07) is -0.826. The van der Waals surface area contributed by atoms with E-state index in [2.05, 4.69) is 10.0 Å². The van der Waals surface area contributed by atoms with Gasteiger partial charge in [0.2, 0.25) is 0 Å². The number of carbonyl (C=O) groups is 2. The van der Waals surface area contributed by atoms with Crippen LogP contribution < -0.4 is 0 Å². The fourth-order valence-electron chi connectivity index (χ4n) is 2.55. The van der Waals surface area contributed by atoms with Gasteiger partial charge in [-0.3, -0.25) is 4.79 Å². The van der Waals surface area contributed by atoms with Crippen molar-refractivity contribution in [3.8, 4) is 0 Å². The van der Waals surface area contributed by atoms with E-state index in [-0.39, 0.29) is 6.61 Å². The topological polar surface area (TPSA) is 120 Å². The van der Waals surface area contributed by atoms with Crippen LogP contribution in [0.5, 0.6) is 0 Å². The van der Waals surface area contributed by atoms with Crippen LogP contribution in [0.1, 0.15) is 20.8 Å². The number of carbonyl (C=O) groups excluding carboxylic acids is 2. The lowest BCUT2D eigenvalue weighted by molar-refractivity contribution is -0.177. The van der Waals surface area contributed by atoms with Crippen LogP contribution >= 0.6 is 0 Å². The Morgan fingerprint density at radius 1 is 1.43 bits per heavy atom. The van der Waals surface area contributed by atoms with Gasteiger partial charge in [-0.15, -0.1) is 0 Å². The normalized spacial score (nSPS) is 37.2. The summed E-state index contributed by atoms with van der Waals surface area (Å²) in [5.41, 5.74) is 8.65. The van der Waals surface area contributed by atoms with Gasteiger partial charge in [0.1, 0.15) is 37.3 Å². The quantitative estimate of drug-likeness (QED) is 0.248. The van der Waals surface area contributed by atoms with Crippen molar-refractivity contribution in [1.82, 2.24) is 0 Å². The molecule has 0 bridgehead atoms. The number of ether oxygens (including phenoxy) is 4. The SMILES string of the molecule is CC(=O)OCC1OC(C=O)C(N=[N+]=[N-])C2OC(C)(C)OC12. The van der Waals surface area contributed by atoms with E-state index in [0.717, 1.165) is 0 Å². The van der Waals surface area contributed by atoms with Crippen molar-refractivity contribution >= 4 is 12.3 Å². The van der Waals surface area contributed by atoms with Gasteiger partial charge in [0, 0.05) is 11.8 Å². The molecule has 116 valence electrons. The van der Waals surface area contributed by atoms with Crippen molar-refractivity contribution in [3.63, 3.8) is 0 Å². The van der Waals surface area contributed by atoms with E-state index in [1.165, 1.54) is 6.92 Å². The molecule has 0 spiro atoms. The molecule has 2 rings (SSSR count). The molecule has 0 radical (unpaired) electrons. The Morgan fingerprint density at radius 3 is 2.67 bits per heavy atom. The molecule has 21 heavy (non-hydrogen) atoms. The maximum Gasteiger partial charge on any atom is 0.302 e. The average Bonchev–Trinajstić information content (AvgIpc) is 2.73.